The minimum atomic E-state index is 0.436. The molecule has 1 fully saturated rings. The van der Waals surface area contributed by atoms with Gasteiger partial charge < -0.3 is 4.74 Å². The Kier molecular flexibility index (Phi) is 3.51. The molecule has 0 spiro atoms. The summed E-state index contributed by atoms with van der Waals surface area (Å²) in [7, 11) is 2.08. The predicted octanol–water partition coefficient (Wildman–Crippen LogP) is 1.35. The van der Waals surface area contributed by atoms with Crippen LogP contribution in [0.2, 0.25) is 5.15 Å². The quantitative estimate of drug-likeness (QED) is 0.782. The number of nitrogens with zero attached hydrogens (tertiary/aromatic N) is 3. The summed E-state index contributed by atoms with van der Waals surface area (Å²) in [5.41, 5.74) is 0.939. The van der Waals surface area contributed by atoms with Gasteiger partial charge in [-0.05, 0) is 25.6 Å². The van der Waals surface area contributed by atoms with Crippen LogP contribution in [0.5, 0.6) is 0 Å². The van der Waals surface area contributed by atoms with Gasteiger partial charge in [0, 0.05) is 19.2 Å². The largest absolute Gasteiger partial charge is 0.380 e. The highest BCUT2D eigenvalue weighted by atomic mass is 35.5. The predicted molar refractivity (Wildman–Crippen MR) is 57.7 cm³/mol. The lowest BCUT2D eigenvalue weighted by atomic mass is 10.2. The van der Waals surface area contributed by atoms with Gasteiger partial charge in [-0.1, -0.05) is 11.6 Å². The lowest BCUT2D eigenvalue weighted by molar-refractivity contribution is 0.155. The second kappa shape index (κ2) is 4.88. The van der Waals surface area contributed by atoms with Crippen molar-refractivity contribution in [2.24, 2.45) is 0 Å². The van der Waals surface area contributed by atoms with Gasteiger partial charge in [-0.2, -0.15) is 5.10 Å². The summed E-state index contributed by atoms with van der Waals surface area (Å²) in [6, 6.07) is 4.17. The normalized spacial score (nSPS) is 21.1. The van der Waals surface area contributed by atoms with Gasteiger partial charge in [-0.15, -0.1) is 5.10 Å². The molecular formula is C10H14ClN3O. The van der Waals surface area contributed by atoms with Crippen LogP contribution in [0.3, 0.4) is 0 Å². The van der Waals surface area contributed by atoms with Crippen LogP contribution < -0.4 is 0 Å². The molecule has 1 aliphatic heterocycles. The molecule has 0 aromatic carbocycles. The first kappa shape index (κ1) is 10.8. The first-order valence-electron chi connectivity index (χ1n) is 5.02. The van der Waals surface area contributed by atoms with Gasteiger partial charge in [0.2, 0.25) is 0 Å². The SMILES string of the molecule is CN(Cc1ccc(Cl)nn1)C1CCOC1. The van der Waals surface area contributed by atoms with E-state index in [-0.39, 0.29) is 0 Å². The van der Waals surface area contributed by atoms with E-state index in [9.17, 15) is 0 Å². The molecular weight excluding hydrogens is 214 g/mol. The van der Waals surface area contributed by atoms with E-state index >= 15 is 0 Å². The maximum atomic E-state index is 5.67. The molecule has 1 unspecified atom stereocenters. The third-order valence-corrected chi connectivity index (χ3v) is 2.83. The molecule has 0 saturated carbocycles. The van der Waals surface area contributed by atoms with E-state index in [4.69, 9.17) is 16.3 Å². The third kappa shape index (κ3) is 2.87. The van der Waals surface area contributed by atoms with Crippen molar-refractivity contribution < 1.29 is 4.74 Å². The summed E-state index contributed by atoms with van der Waals surface area (Å²) in [5.74, 6) is 0. The number of ether oxygens (including phenoxy) is 1. The Hall–Kier alpha value is -0.710. The van der Waals surface area contributed by atoms with Gasteiger partial charge in [0.15, 0.2) is 5.15 Å². The second-order valence-corrected chi connectivity index (χ2v) is 4.17. The molecule has 5 heteroatoms. The molecule has 0 radical (unpaired) electrons. The van der Waals surface area contributed by atoms with E-state index in [2.05, 4.69) is 22.1 Å². The molecule has 1 aliphatic rings. The molecule has 4 nitrogen and oxygen atoms in total. The van der Waals surface area contributed by atoms with Crippen LogP contribution in [-0.2, 0) is 11.3 Å². The second-order valence-electron chi connectivity index (χ2n) is 3.78. The van der Waals surface area contributed by atoms with E-state index in [1.54, 1.807) is 6.07 Å². The number of aromatic nitrogens is 2. The van der Waals surface area contributed by atoms with Crippen molar-refractivity contribution in [1.82, 2.24) is 15.1 Å². The molecule has 82 valence electrons. The average Bonchev–Trinajstić information content (AvgIpc) is 2.74. The summed E-state index contributed by atoms with van der Waals surface area (Å²) >= 11 is 5.67. The molecule has 0 amide bonds. The summed E-state index contributed by atoms with van der Waals surface area (Å²) < 4.78 is 5.34. The lowest BCUT2D eigenvalue weighted by Gasteiger charge is -2.21. The van der Waals surface area contributed by atoms with E-state index in [0.29, 0.717) is 11.2 Å². The van der Waals surface area contributed by atoms with Gasteiger partial charge in [-0.25, -0.2) is 0 Å². The molecule has 0 bridgehead atoms. The fourth-order valence-electron chi connectivity index (χ4n) is 1.68. The van der Waals surface area contributed by atoms with E-state index in [1.165, 1.54) is 0 Å². The maximum absolute atomic E-state index is 5.67. The van der Waals surface area contributed by atoms with Crippen LogP contribution in [0.4, 0.5) is 0 Å². The Morgan fingerprint density at radius 1 is 1.53 bits per heavy atom. The fraction of sp³-hybridized carbons (Fsp3) is 0.600. The molecule has 15 heavy (non-hydrogen) atoms. The van der Waals surface area contributed by atoms with Crippen molar-refractivity contribution in [2.45, 2.75) is 19.0 Å². The van der Waals surface area contributed by atoms with E-state index < -0.39 is 0 Å². The lowest BCUT2D eigenvalue weighted by Crippen LogP contribution is -2.31. The molecule has 1 atom stereocenters. The number of hydrogen-bond acceptors (Lipinski definition) is 4. The Morgan fingerprint density at radius 2 is 2.40 bits per heavy atom. The van der Waals surface area contributed by atoms with E-state index in [0.717, 1.165) is 31.9 Å². The molecule has 1 aromatic heterocycles. The zero-order chi connectivity index (χ0) is 10.7. The number of likely N-dealkylation sites (N-methyl/N-ethyl adjacent to an activating group) is 1. The van der Waals surface area contributed by atoms with Crippen LogP contribution in [0.1, 0.15) is 12.1 Å². The Labute approximate surface area is 94.2 Å². The van der Waals surface area contributed by atoms with Crippen molar-refractivity contribution in [3.8, 4) is 0 Å². The molecule has 0 aliphatic carbocycles. The monoisotopic (exact) mass is 227 g/mol. The number of rotatable bonds is 3. The van der Waals surface area contributed by atoms with Crippen LogP contribution in [-0.4, -0.2) is 41.4 Å². The molecule has 0 N–H and O–H groups in total. The van der Waals surface area contributed by atoms with Crippen LogP contribution in [0.25, 0.3) is 0 Å². The average molecular weight is 228 g/mol. The fourth-order valence-corrected chi connectivity index (χ4v) is 1.78. The zero-order valence-corrected chi connectivity index (χ0v) is 9.44. The topological polar surface area (TPSA) is 38.2 Å². The van der Waals surface area contributed by atoms with Crippen molar-refractivity contribution >= 4 is 11.6 Å². The third-order valence-electron chi connectivity index (χ3n) is 2.63. The van der Waals surface area contributed by atoms with Crippen molar-refractivity contribution in [1.29, 1.82) is 0 Å². The number of halogens is 1. The highest BCUT2D eigenvalue weighted by molar-refractivity contribution is 6.29. The summed E-state index contributed by atoms with van der Waals surface area (Å²) in [5, 5.41) is 8.28. The Morgan fingerprint density at radius 3 is 3.00 bits per heavy atom. The Bertz CT molecular complexity index is 311. The summed E-state index contributed by atoms with van der Waals surface area (Å²) in [6.45, 7) is 2.47. The molecule has 1 saturated heterocycles. The van der Waals surface area contributed by atoms with Crippen molar-refractivity contribution in [2.75, 3.05) is 20.3 Å². The first-order chi connectivity index (χ1) is 7.25. The van der Waals surface area contributed by atoms with Gasteiger partial charge in [0.1, 0.15) is 0 Å². The van der Waals surface area contributed by atoms with Gasteiger partial charge >= 0.3 is 0 Å². The minimum Gasteiger partial charge on any atom is -0.380 e. The standard InChI is InChI=1S/C10H14ClN3O/c1-14(9-4-5-15-7-9)6-8-2-3-10(11)13-12-8/h2-3,9H,4-7H2,1H3. The first-order valence-corrected chi connectivity index (χ1v) is 5.39. The van der Waals surface area contributed by atoms with Gasteiger partial charge in [0.05, 0.1) is 12.3 Å². The smallest absolute Gasteiger partial charge is 0.151 e. The van der Waals surface area contributed by atoms with E-state index in [1.807, 2.05) is 6.07 Å². The van der Waals surface area contributed by atoms with Gasteiger partial charge in [-0.3, -0.25) is 4.90 Å². The van der Waals surface area contributed by atoms with Crippen LogP contribution in [0, 0.1) is 0 Å². The summed E-state index contributed by atoms with van der Waals surface area (Å²) in [4.78, 5) is 2.24. The van der Waals surface area contributed by atoms with Crippen molar-refractivity contribution in [3.63, 3.8) is 0 Å². The maximum Gasteiger partial charge on any atom is 0.151 e. The zero-order valence-electron chi connectivity index (χ0n) is 8.69. The van der Waals surface area contributed by atoms with Crippen molar-refractivity contribution in [3.05, 3.63) is 23.0 Å². The van der Waals surface area contributed by atoms with Crippen LogP contribution in [0.15, 0.2) is 12.1 Å². The van der Waals surface area contributed by atoms with Crippen LogP contribution >= 0.6 is 11.6 Å². The minimum absolute atomic E-state index is 0.436. The Balaban J connectivity index is 1.92. The highest BCUT2D eigenvalue weighted by Gasteiger charge is 2.20. The molecule has 2 heterocycles. The summed E-state index contributed by atoms with van der Waals surface area (Å²) in [6.07, 6.45) is 1.09. The number of hydrogen-bond donors (Lipinski definition) is 0. The molecule has 2 rings (SSSR count). The highest BCUT2D eigenvalue weighted by Crippen LogP contribution is 2.13. The molecule has 1 aromatic rings. The van der Waals surface area contributed by atoms with Gasteiger partial charge in [0.25, 0.3) is 0 Å².